The lowest BCUT2D eigenvalue weighted by molar-refractivity contribution is 1.09. The predicted octanol–water partition coefficient (Wildman–Crippen LogP) is 1.10. The van der Waals surface area contributed by atoms with Gasteiger partial charge in [-0.05, 0) is 12.5 Å². The van der Waals surface area contributed by atoms with E-state index in [1.54, 1.807) is 11.3 Å². The van der Waals surface area contributed by atoms with Gasteiger partial charge >= 0.3 is 0 Å². The molecule has 0 saturated heterocycles. The van der Waals surface area contributed by atoms with Crippen LogP contribution in [-0.4, -0.2) is 0 Å². The summed E-state index contributed by atoms with van der Waals surface area (Å²) in [6.07, 6.45) is 0. The molecule has 4 N–H and O–H groups in total. The fourth-order valence-electron chi connectivity index (χ4n) is 0.674. The number of hydrogen-bond donors (Lipinski definition) is 2. The van der Waals surface area contributed by atoms with Gasteiger partial charge in [0.1, 0.15) is 0 Å². The summed E-state index contributed by atoms with van der Waals surface area (Å²) in [5.41, 5.74) is 13.0. The van der Waals surface area contributed by atoms with E-state index in [1.165, 1.54) is 4.88 Å². The molecule has 0 atom stereocenters. The summed E-state index contributed by atoms with van der Waals surface area (Å²) in [5.74, 6) is 0. The van der Waals surface area contributed by atoms with Crippen LogP contribution < -0.4 is 11.5 Å². The minimum absolute atomic E-state index is 0.605. The van der Waals surface area contributed by atoms with Crippen molar-refractivity contribution in [2.24, 2.45) is 5.73 Å². The zero-order valence-corrected chi connectivity index (χ0v) is 6.16. The van der Waals surface area contributed by atoms with Gasteiger partial charge in [-0.3, -0.25) is 0 Å². The summed E-state index contributed by atoms with van der Waals surface area (Å²) in [7, 11) is 0. The predicted molar refractivity (Wildman–Crippen MR) is 41.4 cm³/mol. The Kier molecular flexibility index (Phi) is 1.73. The number of hydrogen-bond acceptors (Lipinski definition) is 3. The largest absolute Gasteiger partial charge is 0.398 e. The van der Waals surface area contributed by atoms with E-state index in [1.807, 2.05) is 12.3 Å². The molecule has 3 heteroatoms. The van der Waals surface area contributed by atoms with Crippen LogP contribution >= 0.6 is 11.3 Å². The first-order valence-corrected chi connectivity index (χ1v) is 3.66. The van der Waals surface area contributed by atoms with Crippen LogP contribution in [0.1, 0.15) is 10.4 Å². The Morgan fingerprint density at radius 1 is 1.67 bits per heavy atom. The number of nitrogens with two attached hydrogens (primary N) is 2. The molecule has 0 bridgehead atoms. The first-order chi connectivity index (χ1) is 4.25. The van der Waals surface area contributed by atoms with E-state index in [0.29, 0.717) is 6.54 Å². The first-order valence-electron chi connectivity index (χ1n) is 2.78. The summed E-state index contributed by atoms with van der Waals surface area (Å²) in [5, 5.41) is 1.93. The van der Waals surface area contributed by atoms with Crippen LogP contribution in [0.4, 0.5) is 5.69 Å². The van der Waals surface area contributed by atoms with Crippen LogP contribution in [0, 0.1) is 6.92 Å². The third kappa shape index (κ3) is 1.06. The molecule has 0 spiro atoms. The number of thiophene rings is 1. The maximum absolute atomic E-state index is 5.57. The molecule has 0 aliphatic carbocycles. The van der Waals surface area contributed by atoms with E-state index in [4.69, 9.17) is 11.5 Å². The average Bonchev–Trinajstić information content (AvgIpc) is 2.15. The molecular formula is C6H10N2S. The summed E-state index contributed by atoms with van der Waals surface area (Å²) >= 11 is 1.63. The Bertz CT molecular complexity index is 205. The molecule has 0 fully saturated rings. The SMILES string of the molecule is Cc1c(N)csc1CN. The highest BCUT2D eigenvalue weighted by molar-refractivity contribution is 7.10. The second-order valence-corrected chi connectivity index (χ2v) is 2.91. The van der Waals surface area contributed by atoms with E-state index in [-0.39, 0.29) is 0 Å². The highest BCUT2D eigenvalue weighted by Gasteiger charge is 2.00. The Labute approximate surface area is 58.5 Å². The topological polar surface area (TPSA) is 52.0 Å². The summed E-state index contributed by atoms with van der Waals surface area (Å²) in [6, 6.07) is 0. The molecule has 1 heterocycles. The van der Waals surface area contributed by atoms with Crippen molar-refractivity contribution in [2.45, 2.75) is 13.5 Å². The molecule has 1 rings (SSSR count). The van der Waals surface area contributed by atoms with Crippen molar-refractivity contribution in [3.63, 3.8) is 0 Å². The van der Waals surface area contributed by atoms with E-state index in [0.717, 1.165) is 11.3 Å². The second kappa shape index (κ2) is 2.37. The summed E-state index contributed by atoms with van der Waals surface area (Å²) in [4.78, 5) is 1.19. The van der Waals surface area contributed by atoms with Gasteiger partial charge in [-0.2, -0.15) is 0 Å². The molecule has 0 aliphatic heterocycles. The number of rotatable bonds is 1. The van der Waals surface area contributed by atoms with Crippen LogP contribution in [0.2, 0.25) is 0 Å². The van der Waals surface area contributed by atoms with Crippen LogP contribution in [0.25, 0.3) is 0 Å². The van der Waals surface area contributed by atoms with Crippen molar-refractivity contribution in [1.29, 1.82) is 0 Å². The van der Waals surface area contributed by atoms with Crippen molar-refractivity contribution in [2.75, 3.05) is 5.73 Å². The zero-order valence-electron chi connectivity index (χ0n) is 5.35. The molecule has 0 amide bonds. The highest BCUT2D eigenvalue weighted by Crippen LogP contribution is 2.22. The van der Waals surface area contributed by atoms with Crippen LogP contribution in [0.5, 0.6) is 0 Å². The van der Waals surface area contributed by atoms with Gasteiger partial charge in [0, 0.05) is 22.5 Å². The van der Waals surface area contributed by atoms with E-state index in [9.17, 15) is 0 Å². The third-order valence-corrected chi connectivity index (χ3v) is 2.49. The van der Waals surface area contributed by atoms with E-state index in [2.05, 4.69) is 0 Å². The van der Waals surface area contributed by atoms with E-state index >= 15 is 0 Å². The Balaban J connectivity index is 3.04. The number of anilines is 1. The van der Waals surface area contributed by atoms with Crippen LogP contribution in [0.15, 0.2) is 5.38 Å². The minimum atomic E-state index is 0.605. The Morgan fingerprint density at radius 2 is 2.33 bits per heavy atom. The molecule has 0 radical (unpaired) electrons. The monoisotopic (exact) mass is 142 g/mol. The quantitative estimate of drug-likeness (QED) is 0.617. The number of nitrogen functional groups attached to an aromatic ring is 1. The van der Waals surface area contributed by atoms with Crippen LogP contribution in [0.3, 0.4) is 0 Å². The fourth-order valence-corrected chi connectivity index (χ4v) is 1.51. The van der Waals surface area contributed by atoms with Gasteiger partial charge in [-0.15, -0.1) is 11.3 Å². The maximum Gasteiger partial charge on any atom is 0.0455 e. The van der Waals surface area contributed by atoms with Gasteiger partial charge in [0.05, 0.1) is 0 Å². The lowest BCUT2D eigenvalue weighted by Gasteiger charge is -1.91. The van der Waals surface area contributed by atoms with Crippen molar-refractivity contribution < 1.29 is 0 Å². The minimum Gasteiger partial charge on any atom is -0.398 e. The van der Waals surface area contributed by atoms with Crippen molar-refractivity contribution in [3.8, 4) is 0 Å². The van der Waals surface area contributed by atoms with Gasteiger partial charge in [-0.1, -0.05) is 0 Å². The second-order valence-electron chi connectivity index (χ2n) is 1.94. The molecule has 50 valence electrons. The molecule has 2 nitrogen and oxygen atoms in total. The van der Waals surface area contributed by atoms with Gasteiger partial charge in [-0.25, -0.2) is 0 Å². The molecule has 0 aliphatic rings. The Hall–Kier alpha value is -0.540. The maximum atomic E-state index is 5.57. The standard InChI is InChI=1S/C6H10N2S/c1-4-5(8)3-9-6(4)2-7/h3H,2,7-8H2,1H3. The lowest BCUT2D eigenvalue weighted by atomic mass is 10.2. The fraction of sp³-hybridized carbons (Fsp3) is 0.333. The molecular weight excluding hydrogens is 132 g/mol. The van der Waals surface area contributed by atoms with Crippen molar-refractivity contribution in [3.05, 3.63) is 15.8 Å². The molecule has 0 saturated carbocycles. The van der Waals surface area contributed by atoms with Gasteiger partial charge in [0.2, 0.25) is 0 Å². The van der Waals surface area contributed by atoms with Crippen molar-refractivity contribution >= 4 is 17.0 Å². The molecule has 1 aromatic rings. The smallest absolute Gasteiger partial charge is 0.0455 e. The van der Waals surface area contributed by atoms with Crippen molar-refractivity contribution in [1.82, 2.24) is 0 Å². The lowest BCUT2D eigenvalue weighted by Crippen LogP contribution is -1.95. The Morgan fingerprint density at radius 3 is 2.56 bits per heavy atom. The van der Waals surface area contributed by atoms with Gasteiger partial charge in [0.15, 0.2) is 0 Å². The molecule has 0 unspecified atom stereocenters. The summed E-state index contributed by atoms with van der Waals surface area (Å²) < 4.78 is 0. The normalized spacial score (nSPS) is 10.0. The van der Waals surface area contributed by atoms with Gasteiger partial charge < -0.3 is 11.5 Å². The average molecular weight is 142 g/mol. The summed E-state index contributed by atoms with van der Waals surface area (Å²) in [6.45, 7) is 2.60. The van der Waals surface area contributed by atoms with Crippen LogP contribution in [-0.2, 0) is 6.54 Å². The highest BCUT2D eigenvalue weighted by atomic mass is 32.1. The molecule has 0 aromatic carbocycles. The molecule has 1 aromatic heterocycles. The molecule has 9 heavy (non-hydrogen) atoms. The third-order valence-electron chi connectivity index (χ3n) is 1.36. The van der Waals surface area contributed by atoms with Gasteiger partial charge in [0.25, 0.3) is 0 Å². The van der Waals surface area contributed by atoms with E-state index < -0.39 is 0 Å². The zero-order chi connectivity index (χ0) is 6.85. The first kappa shape index (κ1) is 6.58.